The minimum absolute atomic E-state index is 0.0510. The molecule has 0 aromatic rings. The molecule has 0 radical (unpaired) electrons. The molecule has 1 N–H and O–H groups in total. The number of hydrogen-bond donors (Lipinski definition) is 1. The van der Waals surface area contributed by atoms with Crippen LogP contribution in [0.25, 0.3) is 0 Å². The Morgan fingerprint density at radius 2 is 2.00 bits per heavy atom. The van der Waals surface area contributed by atoms with Gasteiger partial charge in [0.1, 0.15) is 0 Å². The predicted octanol–water partition coefficient (Wildman–Crippen LogP) is 3.14. The summed E-state index contributed by atoms with van der Waals surface area (Å²) in [6, 6.07) is 0. The molecule has 1 heteroatoms. The van der Waals surface area contributed by atoms with Crippen LogP contribution in [-0.4, -0.2) is 11.2 Å². The highest BCUT2D eigenvalue weighted by molar-refractivity contribution is 4.90. The van der Waals surface area contributed by atoms with E-state index in [-0.39, 0.29) is 11.5 Å². The molecule has 0 amide bonds. The maximum Gasteiger partial charge on any atom is 0.0594 e. The average Bonchev–Trinajstić information content (AvgIpc) is 2.00. The van der Waals surface area contributed by atoms with E-state index in [1.54, 1.807) is 0 Å². The maximum atomic E-state index is 9.78. The number of aliphatic hydroxyl groups is 1. The van der Waals surface area contributed by atoms with E-state index >= 15 is 0 Å². The molecule has 72 valence electrons. The molecule has 0 aliphatic heterocycles. The van der Waals surface area contributed by atoms with Crippen molar-refractivity contribution < 1.29 is 5.11 Å². The van der Waals surface area contributed by atoms with Crippen molar-refractivity contribution in [1.29, 1.82) is 0 Å². The van der Waals surface area contributed by atoms with Gasteiger partial charge in [0.05, 0.1) is 6.10 Å². The Morgan fingerprint density at radius 1 is 1.50 bits per heavy atom. The third-order valence-corrected chi connectivity index (χ3v) is 2.66. The quantitative estimate of drug-likeness (QED) is 0.628. The molecule has 0 saturated heterocycles. The summed E-state index contributed by atoms with van der Waals surface area (Å²) >= 11 is 0. The average molecular weight is 170 g/mol. The largest absolute Gasteiger partial charge is 0.393 e. The summed E-state index contributed by atoms with van der Waals surface area (Å²) in [5, 5.41) is 9.78. The Hall–Kier alpha value is -0.300. The first-order valence-corrected chi connectivity index (χ1v) is 4.72. The van der Waals surface area contributed by atoms with E-state index < -0.39 is 0 Å². The summed E-state index contributed by atoms with van der Waals surface area (Å²) in [6.07, 6.45) is 2.60. The normalized spacial score (nSPS) is 14.4. The van der Waals surface area contributed by atoms with E-state index in [0.29, 0.717) is 0 Å². The van der Waals surface area contributed by atoms with Crippen LogP contribution >= 0.6 is 0 Å². The molecule has 0 aliphatic rings. The van der Waals surface area contributed by atoms with Crippen molar-refractivity contribution >= 4 is 0 Å². The van der Waals surface area contributed by atoms with Gasteiger partial charge in [-0.2, -0.15) is 0 Å². The molecule has 0 spiro atoms. The third-order valence-electron chi connectivity index (χ3n) is 2.66. The van der Waals surface area contributed by atoms with E-state index in [9.17, 15) is 5.11 Å². The zero-order chi connectivity index (χ0) is 9.78. The fourth-order valence-electron chi connectivity index (χ4n) is 1.01. The molecule has 0 aromatic heterocycles. The Bertz CT molecular complexity index is 147. The summed E-state index contributed by atoms with van der Waals surface area (Å²) in [5.74, 6) is 0. The van der Waals surface area contributed by atoms with Crippen molar-refractivity contribution in [1.82, 2.24) is 0 Å². The molecule has 0 fully saturated rings. The molecule has 0 bridgehead atoms. The van der Waals surface area contributed by atoms with E-state index in [1.807, 2.05) is 6.92 Å². The van der Waals surface area contributed by atoms with Gasteiger partial charge < -0.3 is 5.11 Å². The molecular weight excluding hydrogens is 148 g/mol. The summed E-state index contributed by atoms with van der Waals surface area (Å²) < 4.78 is 0. The standard InChI is InChI=1S/C11H22O/c1-6-11(4,5)10(12)8-7-9(2)3/h10,12H,2,6-8H2,1,3-5H3. The first-order valence-electron chi connectivity index (χ1n) is 4.72. The Balaban J connectivity index is 3.86. The smallest absolute Gasteiger partial charge is 0.0594 e. The van der Waals surface area contributed by atoms with E-state index in [2.05, 4.69) is 27.4 Å². The molecule has 0 heterocycles. The molecular formula is C11H22O. The van der Waals surface area contributed by atoms with Crippen LogP contribution in [0.2, 0.25) is 0 Å². The first kappa shape index (κ1) is 11.7. The van der Waals surface area contributed by atoms with Gasteiger partial charge in [-0.05, 0) is 31.6 Å². The lowest BCUT2D eigenvalue weighted by Gasteiger charge is -2.29. The molecule has 0 saturated carbocycles. The molecule has 0 aromatic carbocycles. The van der Waals surface area contributed by atoms with Crippen LogP contribution in [0, 0.1) is 5.41 Å². The van der Waals surface area contributed by atoms with Crippen molar-refractivity contribution in [2.45, 2.75) is 53.1 Å². The number of rotatable bonds is 5. The fourth-order valence-corrected chi connectivity index (χ4v) is 1.01. The van der Waals surface area contributed by atoms with Crippen LogP contribution in [-0.2, 0) is 0 Å². The lowest BCUT2D eigenvalue weighted by Crippen LogP contribution is -2.28. The molecule has 1 unspecified atom stereocenters. The van der Waals surface area contributed by atoms with Gasteiger partial charge in [-0.15, -0.1) is 6.58 Å². The highest BCUT2D eigenvalue weighted by atomic mass is 16.3. The van der Waals surface area contributed by atoms with Crippen molar-refractivity contribution in [3.63, 3.8) is 0 Å². The van der Waals surface area contributed by atoms with Crippen LogP contribution in [0.3, 0.4) is 0 Å². The van der Waals surface area contributed by atoms with Crippen LogP contribution in [0.4, 0.5) is 0 Å². The van der Waals surface area contributed by atoms with Crippen molar-refractivity contribution in [2.24, 2.45) is 5.41 Å². The molecule has 12 heavy (non-hydrogen) atoms. The van der Waals surface area contributed by atoms with Gasteiger partial charge in [0.2, 0.25) is 0 Å². The number of hydrogen-bond acceptors (Lipinski definition) is 1. The minimum Gasteiger partial charge on any atom is -0.393 e. The topological polar surface area (TPSA) is 20.2 Å². The summed E-state index contributed by atoms with van der Waals surface area (Å²) in [5.41, 5.74) is 1.20. The van der Waals surface area contributed by atoms with Gasteiger partial charge >= 0.3 is 0 Å². The minimum atomic E-state index is -0.195. The molecule has 1 nitrogen and oxygen atoms in total. The second kappa shape index (κ2) is 4.66. The second-order valence-electron chi connectivity index (χ2n) is 4.35. The highest BCUT2D eigenvalue weighted by Gasteiger charge is 2.24. The van der Waals surface area contributed by atoms with Crippen LogP contribution in [0.5, 0.6) is 0 Å². The Kier molecular flexibility index (Phi) is 4.54. The lowest BCUT2D eigenvalue weighted by molar-refractivity contribution is 0.0408. The number of aliphatic hydroxyl groups excluding tert-OH is 1. The zero-order valence-corrected chi connectivity index (χ0v) is 8.85. The van der Waals surface area contributed by atoms with Crippen molar-refractivity contribution in [3.8, 4) is 0 Å². The summed E-state index contributed by atoms with van der Waals surface area (Å²) in [4.78, 5) is 0. The third kappa shape index (κ3) is 3.91. The first-order chi connectivity index (χ1) is 5.40. The van der Waals surface area contributed by atoms with Crippen molar-refractivity contribution in [3.05, 3.63) is 12.2 Å². The van der Waals surface area contributed by atoms with E-state index in [4.69, 9.17) is 0 Å². The summed E-state index contributed by atoms with van der Waals surface area (Å²) in [7, 11) is 0. The van der Waals surface area contributed by atoms with Gasteiger partial charge in [0, 0.05) is 0 Å². The monoisotopic (exact) mass is 170 g/mol. The number of allylic oxidation sites excluding steroid dienone is 1. The molecule has 0 aliphatic carbocycles. The SMILES string of the molecule is C=C(C)CCC(O)C(C)(C)CC. The lowest BCUT2D eigenvalue weighted by atomic mass is 9.81. The molecule has 0 rings (SSSR count). The Labute approximate surface area is 76.5 Å². The van der Waals surface area contributed by atoms with Crippen LogP contribution < -0.4 is 0 Å². The maximum absolute atomic E-state index is 9.78. The van der Waals surface area contributed by atoms with Gasteiger partial charge in [0.15, 0.2) is 0 Å². The van der Waals surface area contributed by atoms with Gasteiger partial charge in [0.25, 0.3) is 0 Å². The van der Waals surface area contributed by atoms with Gasteiger partial charge in [-0.1, -0.05) is 26.3 Å². The zero-order valence-electron chi connectivity index (χ0n) is 8.85. The van der Waals surface area contributed by atoms with E-state index in [1.165, 1.54) is 0 Å². The van der Waals surface area contributed by atoms with Gasteiger partial charge in [-0.3, -0.25) is 0 Å². The summed E-state index contributed by atoms with van der Waals surface area (Å²) in [6.45, 7) is 12.2. The van der Waals surface area contributed by atoms with Crippen molar-refractivity contribution in [2.75, 3.05) is 0 Å². The van der Waals surface area contributed by atoms with Crippen LogP contribution in [0.1, 0.15) is 47.0 Å². The van der Waals surface area contributed by atoms with Gasteiger partial charge in [-0.25, -0.2) is 0 Å². The Morgan fingerprint density at radius 3 is 2.33 bits per heavy atom. The fraction of sp³-hybridized carbons (Fsp3) is 0.818. The predicted molar refractivity (Wildman–Crippen MR) is 54.1 cm³/mol. The highest BCUT2D eigenvalue weighted by Crippen LogP contribution is 2.28. The van der Waals surface area contributed by atoms with Crippen LogP contribution in [0.15, 0.2) is 12.2 Å². The second-order valence-corrected chi connectivity index (χ2v) is 4.35. The van der Waals surface area contributed by atoms with E-state index in [0.717, 1.165) is 24.8 Å². The molecule has 1 atom stereocenters.